The molecule has 0 saturated heterocycles. The van der Waals surface area contributed by atoms with Crippen molar-refractivity contribution in [3.8, 4) is 87.9 Å². The van der Waals surface area contributed by atoms with Crippen LogP contribution < -0.4 is 122 Å². The molecule has 4 N–H and O–H groups in total. The van der Waals surface area contributed by atoms with Crippen LogP contribution in [0.2, 0.25) is 0 Å². The Bertz CT molecular complexity index is 4390. The van der Waals surface area contributed by atoms with Crippen LogP contribution in [0.1, 0.15) is 48.5 Å². The molecule has 10 aromatic carbocycles. The van der Waals surface area contributed by atoms with Gasteiger partial charge in [-0.2, -0.15) is 0 Å². The first-order valence-electron chi connectivity index (χ1n) is 25.8. The van der Waals surface area contributed by atoms with Crippen molar-refractivity contribution in [2.45, 2.75) is 16.7 Å². The number of ketones is 2. The SMILES string of the molecule is C#Cc1ccc(C)cc1Oc1ccc(Oc2ccc(C(=O)c3ccc(Oc4ccc(OC)cc4)cc3)cc2)c(S(=O)(=O)[O-])c1.C#Cc1ccc(F)cc1F.O=C(c1ccc(F)cc1)c1ccc(F)cc1.O=S(=O)([O-])c1cc(O)ccc1O.Oc1ccc(O)cc1.[K+].[K+]. The van der Waals surface area contributed by atoms with Gasteiger partial charge in [-0.15, -0.1) is 12.8 Å². The van der Waals surface area contributed by atoms with Crippen LogP contribution in [0.15, 0.2) is 228 Å². The summed E-state index contributed by atoms with van der Waals surface area (Å²) in [4.78, 5) is 23.5. The van der Waals surface area contributed by atoms with Gasteiger partial charge in [0.1, 0.15) is 112 Å². The van der Waals surface area contributed by atoms with Gasteiger partial charge in [-0.25, -0.2) is 34.4 Å². The number of hydrogen-bond donors (Lipinski definition) is 4. The van der Waals surface area contributed by atoms with E-state index in [1.165, 1.54) is 103 Å². The number of terminal acetylenes is 2. The maximum Gasteiger partial charge on any atom is 1.00 e. The third-order valence-electron chi connectivity index (χ3n) is 11.8. The third-order valence-corrected chi connectivity index (χ3v) is 13.5. The zero-order valence-corrected chi connectivity index (χ0v) is 56.8. The molecule has 0 spiro atoms. The van der Waals surface area contributed by atoms with Crippen molar-refractivity contribution in [3.63, 3.8) is 0 Å². The van der Waals surface area contributed by atoms with Crippen molar-refractivity contribution >= 4 is 31.8 Å². The van der Waals surface area contributed by atoms with Crippen LogP contribution >= 0.6 is 0 Å². The minimum atomic E-state index is -4.94. The maximum absolute atomic E-state index is 13.1. The van der Waals surface area contributed by atoms with Crippen LogP contribution in [-0.2, 0) is 20.2 Å². The normalized spacial score (nSPS) is 10.2. The van der Waals surface area contributed by atoms with E-state index in [2.05, 4.69) is 11.8 Å². The van der Waals surface area contributed by atoms with E-state index in [0.717, 1.165) is 35.9 Å². The summed E-state index contributed by atoms with van der Waals surface area (Å²) in [6, 6.07) is 51.0. The molecule has 0 atom stereocenters. The number of carbonyl (C=O) groups is 2. The van der Waals surface area contributed by atoms with E-state index in [1.54, 1.807) is 79.9 Å². The van der Waals surface area contributed by atoms with Gasteiger partial charge in [0.05, 0.1) is 23.1 Å². The fraction of sp³-hybridized carbons (Fsp3) is 0.0294. The van der Waals surface area contributed by atoms with Gasteiger partial charge in [-0.05, 0) is 207 Å². The van der Waals surface area contributed by atoms with Gasteiger partial charge in [0, 0.05) is 40.5 Å². The molecule has 0 aliphatic rings. The summed E-state index contributed by atoms with van der Waals surface area (Å²) in [6.07, 6.45) is 10.4. The van der Waals surface area contributed by atoms with Crippen LogP contribution in [0.5, 0.6) is 63.2 Å². The Morgan fingerprint density at radius 3 is 1.22 bits per heavy atom. The summed E-state index contributed by atoms with van der Waals surface area (Å²) < 4.78 is 140. The summed E-state index contributed by atoms with van der Waals surface area (Å²) in [7, 11) is -8.07. The van der Waals surface area contributed by atoms with E-state index >= 15 is 0 Å². The van der Waals surface area contributed by atoms with Crippen molar-refractivity contribution in [3.05, 3.63) is 281 Å². The molecule has 16 nitrogen and oxygen atoms in total. The van der Waals surface area contributed by atoms with Crippen LogP contribution in [0.25, 0.3) is 0 Å². The van der Waals surface area contributed by atoms with Gasteiger partial charge < -0.3 is 48.5 Å². The second kappa shape index (κ2) is 36.2. The zero-order valence-electron chi connectivity index (χ0n) is 49.0. The Balaban J connectivity index is 0.000000302. The number of methoxy groups -OCH3 is 1. The van der Waals surface area contributed by atoms with Crippen molar-refractivity contribution in [2.24, 2.45) is 0 Å². The molecule has 0 bridgehead atoms. The van der Waals surface area contributed by atoms with Crippen LogP contribution in [0, 0.1) is 54.9 Å². The van der Waals surface area contributed by atoms with E-state index < -0.39 is 59.0 Å². The Labute approximate surface area is 612 Å². The molecule has 0 radical (unpaired) electrons. The molecule has 0 fully saturated rings. The van der Waals surface area contributed by atoms with Gasteiger partial charge in [0.15, 0.2) is 11.6 Å². The van der Waals surface area contributed by atoms with E-state index in [1.807, 2.05) is 13.0 Å². The first-order chi connectivity index (χ1) is 42.7. The number of phenols is 4. The average Bonchev–Trinajstić information content (AvgIpc) is 1.21. The van der Waals surface area contributed by atoms with E-state index in [0.29, 0.717) is 56.9 Å². The Morgan fingerprint density at radius 2 is 0.793 bits per heavy atom. The summed E-state index contributed by atoms with van der Waals surface area (Å²) in [5.41, 5.74) is 3.02. The van der Waals surface area contributed by atoms with Crippen LogP contribution in [0.3, 0.4) is 0 Å². The Kier molecular flexibility index (Phi) is 30.0. The number of benzene rings is 10. The van der Waals surface area contributed by atoms with Crippen molar-refractivity contribution in [1.29, 1.82) is 0 Å². The number of hydrogen-bond acceptors (Lipinski definition) is 16. The van der Waals surface area contributed by atoms with Gasteiger partial charge in [0.25, 0.3) is 0 Å². The monoisotopic (exact) mass is 1340 g/mol. The summed E-state index contributed by atoms with van der Waals surface area (Å²) in [6.45, 7) is 1.85. The van der Waals surface area contributed by atoms with E-state index in [4.69, 9.17) is 52.2 Å². The molecule has 92 heavy (non-hydrogen) atoms. The number of phenolic OH excluding ortho intramolecular Hbond substituents is 4. The molecular weight excluding hydrogens is 1290 g/mol. The number of carbonyl (C=O) groups excluding carboxylic acids is 2. The van der Waals surface area contributed by atoms with E-state index in [-0.39, 0.29) is 154 Å². The molecule has 0 aliphatic heterocycles. The number of halogens is 4. The molecule has 10 rings (SSSR count). The molecule has 0 aliphatic carbocycles. The topological polar surface area (TPSA) is 266 Å². The molecule has 458 valence electrons. The van der Waals surface area contributed by atoms with Gasteiger partial charge >= 0.3 is 103 Å². The van der Waals surface area contributed by atoms with Gasteiger partial charge in [-0.3, -0.25) is 9.59 Å². The smallest absolute Gasteiger partial charge is 0.744 e. The number of rotatable bonds is 13. The Morgan fingerprint density at radius 1 is 0.413 bits per heavy atom. The average molecular weight is 1340 g/mol. The van der Waals surface area contributed by atoms with Crippen molar-refractivity contribution < 1.29 is 195 Å². The van der Waals surface area contributed by atoms with Gasteiger partial charge in [0.2, 0.25) is 0 Å². The Hall–Kier alpha value is -8.13. The first kappa shape index (κ1) is 76.3. The van der Waals surface area contributed by atoms with Gasteiger partial charge in [-0.1, -0.05) is 17.9 Å². The first-order valence-corrected chi connectivity index (χ1v) is 28.6. The fourth-order valence-corrected chi connectivity index (χ4v) is 8.55. The zero-order chi connectivity index (χ0) is 65.7. The largest absolute Gasteiger partial charge is 1.00 e. The summed E-state index contributed by atoms with van der Waals surface area (Å²) >= 11 is 0. The molecule has 0 aromatic heterocycles. The molecule has 24 heteroatoms. The molecule has 0 heterocycles. The molecular formula is C68H48F4K2O16S2. The summed E-state index contributed by atoms with van der Waals surface area (Å²) in [5.74, 6) is 3.66. The number of ether oxygens (including phenoxy) is 4. The molecule has 0 amide bonds. The predicted octanol–water partition coefficient (Wildman–Crippen LogP) is 7.75. The minimum Gasteiger partial charge on any atom is -0.744 e. The quantitative estimate of drug-likeness (QED) is 0.0215. The number of aromatic hydroxyl groups is 4. The number of aryl methyl sites for hydroxylation is 1. The second-order valence-electron chi connectivity index (χ2n) is 18.3. The second-order valence-corrected chi connectivity index (χ2v) is 21.0. The molecule has 0 saturated carbocycles. The predicted molar refractivity (Wildman–Crippen MR) is 321 cm³/mol. The van der Waals surface area contributed by atoms with Crippen LogP contribution in [0.4, 0.5) is 17.6 Å². The maximum atomic E-state index is 13.1. The molecule has 0 unspecified atom stereocenters. The van der Waals surface area contributed by atoms with Crippen molar-refractivity contribution in [1.82, 2.24) is 0 Å². The standard InChI is InChI=1S/C35H26O8S.C13H8F2O.C8H4F2.C6H6O5S.C6H6O2.2K/c1-4-24-6-5-23(2)21-33(24)43-31-19-20-32(34(22-31)44(37,38)39)42-30-13-9-26(10-14-30)35(36)25-7-11-28(12-8-25)41-29-17-15-27(40-3)16-18-29;14-11-5-1-9(2-6-11)13(16)10-3-7-12(15)8-4-10;1-2-6-3-4-7(9)5-8(6)10;7-4-1-2-5(8)6(3-4)12(9,10)11;7-5-1-2-6(8)4-3-5;;/h1,5-22H,2-3H3,(H,37,38,39);1-8H;1,3-5H;1-3,7-8H,(H,9,10,11);1-4,7-8H;;/q;;;;;2*+1/p-2. The summed E-state index contributed by atoms with van der Waals surface area (Å²) in [5, 5.41) is 35.0. The van der Waals surface area contributed by atoms with E-state index in [9.17, 15) is 53.1 Å². The molecule has 10 aromatic rings. The third kappa shape index (κ3) is 23.8. The van der Waals surface area contributed by atoms with Crippen LogP contribution in [-0.4, -0.2) is 65.0 Å². The fourth-order valence-electron chi connectivity index (χ4n) is 7.35. The minimum absolute atomic E-state index is 0. The van der Waals surface area contributed by atoms with Crippen molar-refractivity contribution in [2.75, 3.05) is 7.11 Å².